The van der Waals surface area contributed by atoms with Crippen molar-refractivity contribution in [3.05, 3.63) is 92.9 Å². The van der Waals surface area contributed by atoms with Crippen LogP contribution in [-0.4, -0.2) is 42.2 Å². The predicted octanol–water partition coefficient (Wildman–Crippen LogP) is 1.20. The smallest absolute Gasteiger partial charge is 0.330 e. The van der Waals surface area contributed by atoms with E-state index < -0.39 is 17.2 Å². The minimum atomic E-state index is -0.722. The Bertz CT molecular complexity index is 1380. The van der Waals surface area contributed by atoms with E-state index in [2.05, 4.69) is 20.5 Å². The number of carbonyl (C=O) groups is 1. The average molecular weight is 446 g/mol. The van der Waals surface area contributed by atoms with Crippen LogP contribution in [0.15, 0.2) is 70.5 Å². The van der Waals surface area contributed by atoms with Crippen LogP contribution in [0.5, 0.6) is 0 Å². The van der Waals surface area contributed by atoms with Crippen molar-refractivity contribution in [1.29, 1.82) is 0 Å². The zero-order chi connectivity index (χ0) is 23.4. The molecule has 2 aromatic heterocycles. The second kappa shape index (κ2) is 9.30. The number of nitrogen functional groups attached to an aromatic ring is 1. The lowest BCUT2D eigenvalue weighted by molar-refractivity contribution is 0.0986. The number of hydrogen-bond acceptors (Lipinski definition) is 7. The van der Waals surface area contributed by atoms with Crippen LogP contribution in [0, 0.1) is 0 Å². The molecule has 33 heavy (non-hydrogen) atoms. The zero-order valence-electron chi connectivity index (χ0n) is 17.9. The SMILES string of the molecule is CCCN(C(=O)c1cccc(-n2cnnn2)c1)c1c(N)n(Cc2ccccc2)c(=O)[nH]c1=O. The minimum absolute atomic E-state index is 0.0646. The quantitative estimate of drug-likeness (QED) is 0.434. The maximum absolute atomic E-state index is 13.5. The molecule has 2 aromatic carbocycles. The van der Waals surface area contributed by atoms with Crippen LogP contribution >= 0.6 is 0 Å². The van der Waals surface area contributed by atoms with Crippen LogP contribution < -0.4 is 21.9 Å². The molecule has 4 rings (SSSR count). The second-order valence-electron chi connectivity index (χ2n) is 7.33. The van der Waals surface area contributed by atoms with Gasteiger partial charge in [0.25, 0.3) is 11.5 Å². The molecule has 0 radical (unpaired) electrons. The Morgan fingerprint density at radius 2 is 1.91 bits per heavy atom. The van der Waals surface area contributed by atoms with Crippen molar-refractivity contribution < 1.29 is 4.79 Å². The Morgan fingerprint density at radius 1 is 1.12 bits per heavy atom. The third-order valence-corrected chi connectivity index (χ3v) is 5.07. The highest BCUT2D eigenvalue weighted by atomic mass is 16.2. The molecule has 4 aromatic rings. The number of H-pyrrole nitrogens is 1. The molecule has 2 heterocycles. The lowest BCUT2D eigenvalue weighted by atomic mass is 10.1. The average Bonchev–Trinajstić information content (AvgIpc) is 3.36. The molecule has 0 fully saturated rings. The fourth-order valence-corrected chi connectivity index (χ4v) is 3.52. The van der Waals surface area contributed by atoms with Crippen molar-refractivity contribution in [2.75, 3.05) is 17.2 Å². The summed E-state index contributed by atoms with van der Waals surface area (Å²) in [6.45, 7) is 2.26. The summed E-state index contributed by atoms with van der Waals surface area (Å²) < 4.78 is 2.67. The highest BCUT2D eigenvalue weighted by molar-refractivity contribution is 6.07. The minimum Gasteiger partial charge on any atom is -0.383 e. The Labute approximate surface area is 188 Å². The van der Waals surface area contributed by atoms with Gasteiger partial charge in [0.15, 0.2) is 5.69 Å². The Hall–Kier alpha value is -4.54. The third kappa shape index (κ3) is 4.42. The number of nitrogens with one attached hydrogen (secondary N) is 1. The van der Waals surface area contributed by atoms with Crippen LogP contribution in [0.4, 0.5) is 11.5 Å². The number of carbonyl (C=O) groups excluding carboxylic acids is 1. The number of aromatic amines is 1. The predicted molar refractivity (Wildman–Crippen MR) is 122 cm³/mol. The largest absolute Gasteiger partial charge is 0.383 e. The Morgan fingerprint density at radius 3 is 2.61 bits per heavy atom. The molecule has 0 aliphatic rings. The van der Waals surface area contributed by atoms with Crippen molar-refractivity contribution in [2.45, 2.75) is 19.9 Å². The summed E-state index contributed by atoms with van der Waals surface area (Å²) in [6.07, 6.45) is 1.98. The van der Waals surface area contributed by atoms with Crippen molar-refractivity contribution in [3.8, 4) is 5.69 Å². The number of anilines is 2. The summed E-state index contributed by atoms with van der Waals surface area (Å²) in [5, 5.41) is 11.0. The van der Waals surface area contributed by atoms with Gasteiger partial charge in [0.2, 0.25) is 0 Å². The van der Waals surface area contributed by atoms with Gasteiger partial charge >= 0.3 is 5.69 Å². The topological polar surface area (TPSA) is 145 Å². The summed E-state index contributed by atoms with van der Waals surface area (Å²) in [6, 6.07) is 15.9. The van der Waals surface area contributed by atoms with Gasteiger partial charge in [0.1, 0.15) is 12.1 Å². The van der Waals surface area contributed by atoms with E-state index in [0.717, 1.165) is 5.56 Å². The summed E-state index contributed by atoms with van der Waals surface area (Å²) >= 11 is 0. The molecular formula is C22H22N8O3. The van der Waals surface area contributed by atoms with Gasteiger partial charge in [-0.1, -0.05) is 43.3 Å². The van der Waals surface area contributed by atoms with Crippen molar-refractivity contribution in [1.82, 2.24) is 29.8 Å². The lowest BCUT2D eigenvalue weighted by Crippen LogP contribution is -2.41. The van der Waals surface area contributed by atoms with Crippen molar-refractivity contribution in [2.24, 2.45) is 0 Å². The van der Waals surface area contributed by atoms with Crippen LogP contribution in [0.1, 0.15) is 29.3 Å². The number of amides is 1. The van der Waals surface area contributed by atoms with Crippen molar-refractivity contribution >= 4 is 17.4 Å². The molecule has 0 aliphatic carbocycles. The number of nitrogens with two attached hydrogens (primary N) is 1. The first-order valence-electron chi connectivity index (χ1n) is 10.3. The number of aromatic nitrogens is 6. The molecule has 0 saturated heterocycles. The molecule has 3 N–H and O–H groups in total. The molecule has 0 atom stereocenters. The van der Waals surface area contributed by atoms with Gasteiger partial charge in [-0.05, 0) is 40.6 Å². The molecule has 168 valence electrons. The fourth-order valence-electron chi connectivity index (χ4n) is 3.52. The zero-order valence-corrected chi connectivity index (χ0v) is 17.9. The second-order valence-corrected chi connectivity index (χ2v) is 7.33. The van der Waals surface area contributed by atoms with Gasteiger partial charge in [0.05, 0.1) is 12.2 Å². The molecule has 11 heteroatoms. The van der Waals surface area contributed by atoms with E-state index in [1.807, 2.05) is 37.3 Å². The van der Waals surface area contributed by atoms with Crippen LogP contribution in [0.25, 0.3) is 5.69 Å². The third-order valence-electron chi connectivity index (χ3n) is 5.07. The van der Waals surface area contributed by atoms with Crippen LogP contribution in [0.3, 0.4) is 0 Å². The van der Waals surface area contributed by atoms with Gasteiger partial charge in [0, 0.05) is 12.1 Å². The highest BCUT2D eigenvalue weighted by Crippen LogP contribution is 2.21. The van der Waals surface area contributed by atoms with Crippen LogP contribution in [-0.2, 0) is 6.54 Å². The van der Waals surface area contributed by atoms with Gasteiger partial charge in [-0.2, -0.15) is 0 Å². The summed E-state index contributed by atoms with van der Waals surface area (Å²) in [5.41, 5.74) is 6.60. The molecule has 0 bridgehead atoms. The van der Waals surface area contributed by atoms with E-state index >= 15 is 0 Å². The van der Waals surface area contributed by atoms with E-state index in [0.29, 0.717) is 17.7 Å². The summed E-state index contributed by atoms with van der Waals surface area (Å²) in [4.78, 5) is 42.4. The van der Waals surface area contributed by atoms with E-state index in [1.54, 1.807) is 24.3 Å². The van der Waals surface area contributed by atoms with E-state index in [9.17, 15) is 14.4 Å². The normalized spacial score (nSPS) is 10.8. The fraction of sp³-hybridized carbons (Fsp3) is 0.182. The number of benzene rings is 2. The van der Waals surface area contributed by atoms with Gasteiger partial charge in [-0.15, -0.1) is 5.10 Å². The maximum Gasteiger partial charge on any atom is 0.330 e. The van der Waals surface area contributed by atoms with Gasteiger partial charge in [-0.25, -0.2) is 9.48 Å². The number of rotatable bonds is 7. The first-order chi connectivity index (χ1) is 16.0. The number of nitrogens with zero attached hydrogens (tertiary/aromatic N) is 6. The molecule has 1 amide bonds. The molecule has 11 nitrogen and oxygen atoms in total. The van der Waals surface area contributed by atoms with Gasteiger partial charge < -0.3 is 10.6 Å². The Kier molecular flexibility index (Phi) is 6.11. The summed E-state index contributed by atoms with van der Waals surface area (Å²) in [5.74, 6) is -0.514. The molecule has 0 spiro atoms. The molecular weight excluding hydrogens is 424 g/mol. The highest BCUT2D eigenvalue weighted by Gasteiger charge is 2.25. The standard InChI is InChI=1S/C22H22N8O3/c1-2-11-28(21(32)16-9-6-10-17(12-16)30-14-24-26-27-30)18-19(23)29(22(33)25-20(18)31)13-15-7-4-3-5-8-15/h3-10,12,14H,2,11,13,23H2,1H3,(H,25,31,33). The Balaban J connectivity index is 1.77. The monoisotopic (exact) mass is 446 g/mol. The van der Waals surface area contributed by atoms with Gasteiger partial charge in [-0.3, -0.25) is 19.1 Å². The maximum atomic E-state index is 13.5. The molecule has 0 saturated carbocycles. The van der Waals surface area contributed by atoms with Crippen LogP contribution in [0.2, 0.25) is 0 Å². The molecule has 0 aliphatic heterocycles. The number of tetrazole rings is 1. The first kappa shape index (κ1) is 21.7. The summed E-state index contributed by atoms with van der Waals surface area (Å²) in [7, 11) is 0. The number of hydrogen-bond donors (Lipinski definition) is 2. The van der Waals surface area contributed by atoms with E-state index in [4.69, 9.17) is 5.73 Å². The van der Waals surface area contributed by atoms with E-state index in [1.165, 1.54) is 20.5 Å². The van der Waals surface area contributed by atoms with E-state index in [-0.39, 0.29) is 24.6 Å². The lowest BCUT2D eigenvalue weighted by Gasteiger charge is -2.24. The molecule has 0 unspecified atom stereocenters. The first-order valence-corrected chi connectivity index (χ1v) is 10.3. The van der Waals surface area contributed by atoms with Crippen molar-refractivity contribution in [3.63, 3.8) is 0 Å².